The van der Waals surface area contributed by atoms with Crippen LogP contribution in [0, 0.1) is 5.92 Å². The Hall–Kier alpha value is -4.45. The lowest BCUT2D eigenvalue weighted by atomic mass is 9.97. The molecule has 1 aromatic heterocycles. The van der Waals surface area contributed by atoms with Gasteiger partial charge in [-0.15, -0.1) is 0 Å². The third-order valence-electron chi connectivity index (χ3n) is 6.15. The van der Waals surface area contributed by atoms with Gasteiger partial charge in [-0.1, -0.05) is 56.3 Å². The highest BCUT2D eigenvalue weighted by atomic mass is 16.5. The van der Waals surface area contributed by atoms with Crippen LogP contribution in [-0.2, 0) is 9.59 Å². The number of nitrogens with zero attached hydrogens (tertiary/aromatic N) is 2. The smallest absolute Gasteiger partial charge is 0.300 e. The summed E-state index contributed by atoms with van der Waals surface area (Å²) in [5, 5.41) is 13.1. The van der Waals surface area contributed by atoms with Crippen LogP contribution in [0.3, 0.4) is 0 Å². The molecular formula is C30H26N2O4. The van der Waals surface area contributed by atoms with Gasteiger partial charge in [-0.3, -0.25) is 19.5 Å². The highest BCUT2D eigenvalue weighted by Crippen LogP contribution is 2.43. The molecule has 3 aromatic carbocycles. The molecule has 0 aliphatic carbocycles. The predicted octanol–water partition coefficient (Wildman–Crippen LogP) is 5.90. The summed E-state index contributed by atoms with van der Waals surface area (Å²) >= 11 is 0. The average Bonchev–Trinajstić information content (AvgIpc) is 3.17. The molecule has 1 N–H and O–H groups in total. The van der Waals surface area contributed by atoms with Crippen LogP contribution in [0.2, 0.25) is 0 Å². The number of aromatic nitrogens is 1. The highest BCUT2D eigenvalue weighted by Gasteiger charge is 2.48. The number of ketones is 1. The molecule has 0 bridgehead atoms. The van der Waals surface area contributed by atoms with E-state index in [4.69, 9.17) is 4.74 Å². The van der Waals surface area contributed by atoms with Crippen molar-refractivity contribution in [3.8, 4) is 5.75 Å². The Labute approximate surface area is 209 Å². The largest absolute Gasteiger partial charge is 0.507 e. The maximum absolute atomic E-state index is 13.5. The molecule has 4 aromatic rings. The van der Waals surface area contributed by atoms with Crippen molar-refractivity contribution in [1.29, 1.82) is 0 Å². The van der Waals surface area contributed by atoms with E-state index in [9.17, 15) is 14.7 Å². The number of carbonyl (C=O) groups is 2. The molecule has 1 fully saturated rings. The van der Waals surface area contributed by atoms with Crippen molar-refractivity contribution in [1.82, 2.24) is 4.98 Å². The SMILES string of the molecule is CC(C)COc1ccc(/C(O)=C2\C(=O)C(=O)N(c3cccc4ccccc34)C2c2ccccn2)cc1. The van der Waals surface area contributed by atoms with Crippen LogP contribution in [0.25, 0.3) is 16.5 Å². The van der Waals surface area contributed by atoms with Crippen LogP contribution in [0.1, 0.15) is 31.1 Å². The van der Waals surface area contributed by atoms with Gasteiger partial charge in [-0.25, -0.2) is 0 Å². The first-order chi connectivity index (χ1) is 17.5. The molecular weight excluding hydrogens is 452 g/mol. The topological polar surface area (TPSA) is 79.7 Å². The van der Waals surface area contributed by atoms with Crippen molar-refractivity contribution in [3.63, 3.8) is 0 Å². The van der Waals surface area contributed by atoms with Crippen molar-refractivity contribution in [2.24, 2.45) is 5.92 Å². The van der Waals surface area contributed by atoms with Crippen LogP contribution in [0.15, 0.2) is 96.7 Å². The number of benzene rings is 3. The molecule has 0 radical (unpaired) electrons. The molecule has 1 aliphatic heterocycles. The number of ether oxygens (including phenoxy) is 1. The minimum atomic E-state index is -0.881. The van der Waals surface area contributed by atoms with Crippen molar-refractivity contribution in [2.75, 3.05) is 11.5 Å². The number of hydrogen-bond donors (Lipinski definition) is 1. The van der Waals surface area contributed by atoms with Crippen LogP contribution in [0.4, 0.5) is 5.69 Å². The fourth-order valence-electron chi connectivity index (χ4n) is 4.44. The summed E-state index contributed by atoms with van der Waals surface area (Å²) in [6, 6.07) is 24.6. The summed E-state index contributed by atoms with van der Waals surface area (Å²) in [6.45, 7) is 4.70. The van der Waals surface area contributed by atoms with E-state index in [1.165, 1.54) is 4.90 Å². The van der Waals surface area contributed by atoms with Gasteiger partial charge in [0.15, 0.2) is 0 Å². The summed E-state index contributed by atoms with van der Waals surface area (Å²) in [5.41, 5.74) is 1.50. The Morgan fingerprint density at radius 3 is 2.39 bits per heavy atom. The maximum Gasteiger partial charge on any atom is 0.300 e. The molecule has 2 heterocycles. The van der Waals surface area contributed by atoms with E-state index in [0.29, 0.717) is 35.2 Å². The molecule has 1 amide bonds. The fourth-order valence-corrected chi connectivity index (χ4v) is 4.44. The second kappa shape index (κ2) is 9.66. The van der Waals surface area contributed by atoms with Gasteiger partial charge in [0.25, 0.3) is 11.7 Å². The third-order valence-corrected chi connectivity index (χ3v) is 6.15. The number of rotatable bonds is 6. The van der Waals surface area contributed by atoms with Gasteiger partial charge in [0.1, 0.15) is 17.6 Å². The molecule has 1 saturated heterocycles. The molecule has 0 saturated carbocycles. The number of Topliss-reactive ketones (excluding diaryl/α,β-unsaturated/α-hetero) is 1. The zero-order chi connectivity index (χ0) is 25.2. The maximum atomic E-state index is 13.5. The normalized spacial score (nSPS) is 17.2. The van der Waals surface area contributed by atoms with Crippen LogP contribution in [-0.4, -0.2) is 28.4 Å². The Balaban J connectivity index is 1.65. The fraction of sp³-hybridized carbons (Fsp3) is 0.167. The Morgan fingerprint density at radius 1 is 0.944 bits per heavy atom. The van der Waals surface area contributed by atoms with Gasteiger partial charge in [0.05, 0.1) is 23.6 Å². The van der Waals surface area contributed by atoms with Gasteiger partial charge in [0, 0.05) is 17.1 Å². The molecule has 1 unspecified atom stereocenters. The Kier molecular flexibility index (Phi) is 6.25. The summed E-state index contributed by atoms with van der Waals surface area (Å²) in [6.07, 6.45) is 1.61. The van der Waals surface area contributed by atoms with Gasteiger partial charge >= 0.3 is 0 Å². The van der Waals surface area contributed by atoms with Gasteiger partial charge in [-0.05, 0) is 53.8 Å². The molecule has 36 heavy (non-hydrogen) atoms. The van der Waals surface area contributed by atoms with E-state index < -0.39 is 17.7 Å². The van der Waals surface area contributed by atoms with Crippen molar-refractivity contribution in [2.45, 2.75) is 19.9 Å². The van der Waals surface area contributed by atoms with E-state index in [1.807, 2.05) is 42.5 Å². The van der Waals surface area contributed by atoms with E-state index in [-0.39, 0.29) is 11.3 Å². The zero-order valence-corrected chi connectivity index (χ0v) is 20.1. The number of aliphatic hydroxyl groups excluding tert-OH is 1. The molecule has 1 aliphatic rings. The monoisotopic (exact) mass is 478 g/mol. The summed E-state index contributed by atoms with van der Waals surface area (Å²) in [7, 11) is 0. The summed E-state index contributed by atoms with van der Waals surface area (Å²) in [4.78, 5) is 32.8. The van der Waals surface area contributed by atoms with Crippen LogP contribution in [0.5, 0.6) is 5.75 Å². The first-order valence-corrected chi connectivity index (χ1v) is 11.9. The van der Waals surface area contributed by atoms with E-state index in [0.717, 1.165) is 10.8 Å². The number of anilines is 1. The summed E-state index contributed by atoms with van der Waals surface area (Å²) < 4.78 is 5.74. The summed E-state index contributed by atoms with van der Waals surface area (Å²) in [5.74, 6) is -0.668. The number of carbonyl (C=O) groups excluding carboxylic acids is 2. The predicted molar refractivity (Wildman–Crippen MR) is 140 cm³/mol. The highest BCUT2D eigenvalue weighted by molar-refractivity contribution is 6.52. The second-order valence-electron chi connectivity index (χ2n) is 9.15. The number of fused-ring (bicyclic) bond motifs is 1. The van der Waals surface area contributed by atoms with Crippen molar-refractivity contribution in [3.05, 3.63) is 108 Å². The van der Waals surface area contributed by atoms with Gasteiger partial charge < -0.3 is 9.84 Å². The first kappa shape index (κ1) is 23.3. The minimum absolute atomic E-state index is 0.00230. The average molecular weight is 479 g/mol. The van der Waals surface area contributed by atoms with Crippen molar-refractivity contribution >= 4 is 33.9 Å². The molecule has 5 rings (SSSR count). The standard InChI is InChI=1S/C30H26N2O4/c1-19(2)18-36-22-15-13-21(14-16-22)28(33)26-27(24-11-5-6-17-31-24)32(30(35)29(26)34)25-12-7-9-20-8-3-4-10-23(20)25/h3-17,19,27,33H,18H2,1-2H3/b28-26+. The molecule has 6 nitrogen and oxygen atoms in total. The number of amides is 1. The van der Waals surface area contributed by atoms with E-state index in [2.05, 4.69) is 18.8 Å². The Bertz CT molecular complexity index is 1450. The molecule has 0 spiro atoms. The number of pyridine rings is 1. The minimum Gasteiger partial charge on any atom is -0.507 e. The van der Waals surface area contributed by atoms with E-state index in [1.54, 1.807) is 48.7 Å². The second-order valence-corrected chi connectivity index (χ2v) is 9.15. The van der Waals surface area contributed by atoms with Gasteiger partial charge in [-0.2, -0.15) is 0 Å². The number of aliphatic hydroxyl groups is 1. The number of hydrogen-bond acceptors (Lipinski definition) is 5. The lowest BCUT2D eigenvalue weighted by molar-refractivity contribution is -0.132. The third kappa shape index (κ3) is 4.22. The molecule has 6 heteroatoms. The first-order valence-electron chi connectivity index (χ1n) is 11.9. The van der Waals surface area contributed by atoms with Gasteiger partial charge in [0.2, 0.25) is 0 Å². The van der Waals surface area contributed by atoms with E-state index >= 15 is 0 Å². The van der Waals surface area contributed by atoms with Crippen LogP contribution < -0.4 is 9.64 Å². The lowest BCUT2D eigenvalue weighted by Crippen LogP contribution is -2.30. The molecule has 1 atom stereocenters. The Morgan fingerprint density at radius 2 is 1.67 bits per heavy atom. The molecule has 180 valence electrons. The zero-order valence-electron chi connectivity index (χ0n) is 20.1. The quantitative estimate of drug-likeness (QED) is 0.212. The lowest BCUT2D eigenvalue weighted by Gasteiger charge is -2.25. The van der Waals surface area contributed by atoms with Crippen molar-refractivity contribution < 1.29 is 19.4 Å². The van der Waals surface area contributed by atoms with Crippen LogP contribution >= 0.6 is 0 Å².